The van der Waals surface area contributed by atoms with Gasteiger partial charge in [0.25, 0.3) is 5.91 Å². The number of amides is 3. The number of methoxy groups -OCH3 is 2. The van der Waals surface area contributed by atoms with E-state index in [1.165, 1.54) is 37.8 Å². The number of nitrogens with one attached hydrogen (secondary N) is 2. The minimum Gasteiger partial charge on any atom is -0.496 e. The minimum atomic E-state index is -0.576. The van der Waals surface area contributed by atoms with Gasteiger partial charge in [-0.25, -0.2) is 0 Å². The molecule has 4 saturated heterocycles. The number of rotatable bonds is 11. The molecule has 11 heteroatoms. The van der Waals surface area contributed by atoms with Gasteiger partial charge in [-0.2, -0.15) is 0 Å². The zero-order valence-corrected chi connectivity index (χ0v) is 30.8. The van der Waals surface area contributed by atoms with E-state index in [9.17, 15) is 14.4 Å². The number of carbonyl (C=O) groups excluding carboxylic acids is 3. The first-order valence-electron chi connectivity index (χ1n) is 18.8. The van der Waals surface area contributed by atoms with Crippen LogP contribution >= 0.6 is 0 Å². The van der Waals surface area contributed by atoms with E-state index in [-0.39, 0.29) is 24.1 Å². The van der Waals surface area contributed by atoms with Gasteiger partial charge in [0.15, 0.2) is 0 Å². The molecule has 3 amide bonds. The maximum atomic E-state index is 13.3. The number of imide groups is 1. The highest BCUT2D eigenvalue weighted by molar-refractivity contribution is 6.05. The standard InChI is InChI=1S/C40H54N6O5/c1-5-28(21-41-2)30-18-35(50-3)33(36(19-30)51-4)24-43-14-10-27(11-15-43)22-44-16-12-40(13-17-44)25-45(26-40)31-7-6-29-23-46(39(49)32(29)20-31)34-8-9-37(47)42-38(34)48/h6-7,18-21,27,34,41H,5,8-17,22-26H2,1-4H3,(H,42,47,48)/b28-21+. The van der Waals surface area contributed by atoms with Crippen molar-refractivity contribution in [2.24, 2.45) is 11.3 Å². The summed E-state index contributed by atoms with van der Waals surface area (Å²) >= 11 is 0. The monoisotopic (exact) mass is 698 g/mol. The Morgan fingerprint density at radius 3 is 2.29 bits per heavy atom. The topological polar surface area (TPSA) is 107 Å². The summed E-state index contributed by atoms with van der Waals surface area (Å²) in [5.74, 6) is 1.77. The third kappa shape index (κ3) is 7.20. The lowest BCUT2D eigenvalue weighted by molar-refractivity contribution is -0.136. The number of hydrogen-bond donors (Lipinski definition) is 2. The number of piperidine rings is 3. The van der Waals surface area contributed by atoms with Gasteiger partial charge in [-0.05, 0) is 118 Å². The number of fused-ring (bicyclic) bond motifs is 1. The molecule has 51 heavy (non-hydrogen) atoms. The lowest BCUT2D eigenvalue weighted by Crippen LogP contribution is -2.60. The smallest absolute Gasteiger partial charge is 0.255 e. The molecule has 4 fully saturated rings. The Morgan fingerprint density at radius 2 is 1.67 bits per heavy atom. The Kier molecular flexibility index (Phi) is 10.3. The molecule has 274 valence electrons. The average Bonchev–Trinajstić information content (AvgIpc) is 3.45. The van der Waals surface area contributed by atoms with Crippen LogP contribution in [0.15, 0.2) is 36.5 Å². The third-order valence-electron chi connectivity index (χ3n) is 12.1. The molecule has 1 spiro atoms. The maximum absolute atomic E-state index is 13.3. The van der Waals surface area contributed by atoms with Gasteiger partial charge in [0.2, 0.25) is 11.8 Å². The predicted octanol–water partition coefficient (Wildman–Crippen LogP) is 4.25. The lowest BCUT2D eigenvalue weighted by Gasteiger charge is -2.55. The molecular weight excluding hydrogens is 644 g/mol. The van der Waals surface area contributed by atoms with Crippen molar-refractivity contribution < 1.29 is 23.9 Å². The van der Waals surface area contributed by atoms with E-state index < -0.39 is 6.04 Å². The summed E-state index contributed by atoms with van der Waals surface area (Å²) < 4.78 is 11.8. The SMILES string of the molecule is CC/C(=C\NC)c1cc(OC)c(CN2CCC(CN3CCC4(CC3)CN(c3ccc5c(c3)C(=O)N(C3CCC(=O)NC3=O)C5)C4)CC2)c(OC)c1. The van der Waals surface area contributed by atoms with Crippen LogP contribution in [0.3, 0.4) is 0 Å². The molecule has 1 atom stereocenters. The Hall–Kier alpha value is -4.09. The van der Waals surface area contributed by atoms with E-state index in [1.54, 1.807) is 19.1 Å². The average molecular weight is 699 g/mol. The molecule has 0 bridgehead atoms. The fraction of sp³-hybridized carbons (Fsp3) is 0.575. The van der Waals surface area contributed by atoms with Gasteiger partial charge in [0.05, 0.1) is 19.8 Å². The molecule has 2 aromatic rings. The minimum absolute atomic E-state index is 0.104. The second kappa shape index (κ2) is 14.9. The van der Waals surface area contributed by atoms with Crippen LogP contribution in [0, 0.1) is 11.3 Å². The molecule has 2 N–H and O–H groups in total. The quantitative estimate of drug-likeness (QED) is 0.334. The molecule has 0 saturated carbocycles. The summed E-state index contributed by atoms with van der Waals surface area (Å²) in [7, 11) is 5.43. The second-order valence-corrected chi connectivity index (χ2v) is 15.3. The van der Waals surface area contributed by atoms with Crippen LogP contribution in [0.5, 0.6) is 11.5 Å². The molecule has 1 unspecified atom stereocenters. The Balaban J connectivity index is 0.870. The maximum Gasteiger partial charge on any atom is 0.255 e. The van der Waals surface area contributed by atoms with Crippen molar-refractivity contribution in [3.8, 4) is 11.5 Å². The highest BCUT2D eigenvalue weighted by Crippen LogP contribution is 2.44. The van der Waals surface area contributed by atoms with E-state index in [4.69, 9.17) is 9.47 Å². The molecule has 0 radical (unpaired) electrons. The number of likely N-dealkylation sites (tertiary alicyclic amines) is 2. The van der Waals surface area contributed by atoms with Crippen molar-refractivity contribution in [2.45, 2.75) is 71.0 Å². The summed E-state index contributed by atoms with van der Waals surface area (Å²) in [6.07, 6.45) is 8.48. The van der Waals surface area contributed by atoms with E-state index in [1.807, 2.05) is 25.4 Å². The van der Waals surface area contributed by atoms with Crippen LogP contribution in [0.2, 0.25) is 0 Å². The molecule has 0 aliphatic carbocycles. The van der Waals surface area contributed by atoms with Gasteiger partial charge < -0.3 is 29.5 Å². The van der Waals surface area contributed by atoms with Crippen LogP contribution in [-0.2, 0) is 22.7 Å². The number of carbonyl (C=O) groups is 3. The number of ether oxygens (including phenoxy) is 2. The van der Waals surface area contributed by atoms with Crippen molar-refractivity contribution >= 4 is 29.0 Å². The summed E-state index contributed by atoms with van der Waals surface area (Å²) in [4.78, 5) is 46.7. The molecule has 5 aliphatic heterocycles. The van der Waals surface area contributed by atoms with Crippen LogP contribution in [-0.4, -0.2) is 106 Å². The fourth-order valence-electron chi connectivity index (χ4n) is 9.02. The molecule has 5 aliphatic rings. The van der Waals surface area contributed by atoms with Crippen LogP contribution in [0.4, 0.5) is 5.69 Å². The molecular formula is C40H54N6O5. The fourth-order valence-corrected chi connectivity index (χ4v) is 9.02. The van der Waals surface area contributed by atoms with Gasteiger partial charge >= 0.3 is 0 Å². The summed E-state index contributed by atoms with van der Waals surface area (Å²) in [5, 5.41) is 5.55. The number of benzene rings is 2. The summed E-state index contributed by atoms with van der Waals surface area (Å²) in [5.41, 5.74) is 6.57. The molecule has 0 aromatic heterocycles. The zero-order chi connectivity index (χ0) is 35.7. The van der Waals surface area contributed by atoms with Crippen molar-refractivity contribution in [1.29, 1.82) is 0 Å². The number of anilines is 1. The van der Waals surface area contributed by atoms with E-state index >= 15 is 0 Å². The third-order valence-corrected chi connectivity index (χ3v) is 12.1. The van der Waals surface area contributed by atoms with Gasteiger partial charge in [-0.1, -0.05) is 13.0 Å². The van der Waals surface area contributed by atoms with Gasteiger partial charge in [-0.15, -0.1) is 0 Å². The van der Waals surface area contributed by atoms with Crippen LogP contribution in [0.25, 0.3) is 5.57 Å². The van der Waals surface area contributed by atoms with E-state index in [0.29, 0.717) is 23.9 Å². The first-order chi connectivity index (χ1) is 24.7. The number of nitrogens with zero attached hydrogens (tertiary/aromatic N) is 4. The molecule has 7 rings (SSSR count). The van der Waals surface area contributed by atoms with E-state index in [0.717, 1.165) is 92.0 Å². The highest BCUT2D eigenvalue weighted by atomic mass is 16.5. The Labute approximate surface area is 302 Å². The van der Waals surface area contributed by atoms with Crippen LogP contribution in [0.1, 0.15) is 78.9 Å². The van der Waals surface area contributed by atoms with Gasteiger partial charge in [0.1, 0.15) is 17.5 Å². The molecule has 11 nitrogen and oxygen atoms in total. The van der Waals surface area contributed by atoms with Crippen molar-refractivity contribution in [3.63, 3.8) is 0 Å². The zero-order valence-electron chi connectivity index (χ0n) is 30.8. The summed E-state index contributed by atoms with van der Waals surface area (Å²) in [6, 6.07) is 9.90. The first-order valence-corrected chi connectivity index (χ1v) is 18.8. The molecule has 5 heterocycles. The van der Waals surface area contributed by atoms with Gasteiger partial charge in [-0.3, -0.25) is 24.6 Å². The van der Waals surface area contributed by atoms with Crippen molar-refractivity contribution in [2.75, 3.05) is 72.0 Å². The number of allylic oxidation sites excluding steroid dienone is 1. The second-order valence-electron chi connectivity index (χ2n) is 15.3. The largest absolute Gasteiger partial charge is 0.496 e. The van der Waals surface area contributed by atoms with Crippen LogP contribution < -0.4 is 25.0 Å². The normalized spacial score (nSPS) is 22.9. The molecule has 2 aromatic carbocycles. The summed E-state index contributed by atoms with van der Waals surface area (Å²) in [6.45, 7) is 11.1. The number of hydrogen-bond acceptors (Lipinski definition) is 9. The highest BCUT2D eigenvalue weighted by Gasteiger charge is 2.46. The predicted molar refractivity (Wildman–Crippen MR) is 198 cm³/mol. The van der Waals surface area contributed by atoms with Gasteiger partial charge in [0, 0.05) is 62.9 Å². The first kappa shape index (κ1) is 35.3. The Bertz CT molecular complexity index is 1640. The van der Waals surface area contributed by atoms with Crippen molar-refractivity contribution in [3.05, 3.63) is 58.8 Å². The van der Waals surface area contributed by atoms with E-state index in [2.05, 4.69) is 50.5 Å². The van der Waals surface area contributed by atoms with Crippen molar-refractivity contribution in [1.82, 2.24) is 25.3 Å². The lowest BCUT2D eigenvalue weighted by atomic mass is 9.71. The Morgan fingerprint density at radius 1 is 0.961 bits per heavy atom.